The number of hydrogen-bond acceptors (Lipinski definition) is 6. The summed E-state index contributed by atoms with van der Waals surface area (Å²) < 4.78 is 10.2. The van der Waals surface area contributed by atoms with E-state index >= 15 is 0 Å². The van der Waals surface area contributed by atoms with Crippen molar-refractivity contribution in [2.45, 2.75) is 161 Å². The van der Waals surface area contributed by atoms with Gasteiger partial charge in [0.2, 0.25) is 0 Å². The van der Waals surface area contributed by atoms with E-state index in [2.05, 4.69) is 39.0 Å². The molecular formula is C36H64O6. The molecule has 2 atom stereocenters. The van der Waals surface area contributed by atoms with E-state index in [-0.39, 0.29) is 25.6 Å². The molecule has 0 aromatic heterocycles. The van der Waals surface area contributed by atoms with Gasteiger partial charge in [-0.25, -0.2) is 0 Å². The van der Waals surface area contributed by atoms with E-state index in [1.165, 1.54) is 70.6 Å². The minimum Gasteiger partial charge on any atom is -0.463 e. The zero-order valence-corrected chi connectivity index (χ0v) is 27.3. The number of unbranched alkanes of at least 4 members (excludes halogenated alkanes) is 12. The molecule has 1 unspecified atom stereocenters. The molecule has 2 N–H and O–H groups in total. The normalized spacial score (nSPS) is 13.5. The number of esters is 2. The van der Waals surface area contributed by atoms with Crippen LogP contribution in [0.4, 0.5) is 0 Å². The number of aliphatic hydroxyl groups is 2. The van der Waals surface area contributed by atoms with E-state index in [9.17, 15) is 19.8 Å². The molecule has 0 saturated heterocycles. The van der Waals surface area contributed by atoms with E-state index in [0.717, 1.165) is 38.0 Å². The molecule has 0 rings (SSSR count). The van der Waals surface area contributed by atoms with Crippen LogP contribution in [-0.4, -0.2) is 47.6 Å². The molecule has 0 heterocycles. The fourth-order valence-electron chi connectivity index (χ4n) is 4.51. The van der Waals surface area contributed by atoms with Crippen molar-refractivity contribution in [3.8, 4) is 0 Å². The first kappa shape index (κ1) is 40.1. The Morgan fingerprint density at radius 3 is 1.86 bits per heavy atom. The molecule has 6 nitrogen and oxygen atoms in total. The zero-order chi connectivity index (χ0) is 31.1. The summed E-state index contributed by atoms with van der Waals surface area (Å²) in [5, 5.41) is 20.0. The molecule has 0 aromatic carbocycles. The van der Waals surface area contributed by atoms with Gasteiger partial charge in [-0.15, -0.1) is 0 Å². The second-order valence-corrected chi connectivity index (χ2v) is 12.0. The molecule has 0 aliphatic rings. The van der Waals surface area contributed by atoms with Crippen molar-refractivity contribution in [3.05, 3.63) is 36.5 Å². The van der Waals surface area contributed by atoms with Gasteiger partial charge in [-0.05, 0) is 44.4 Å². The number of ether oxygens (including phenoxy) is 2. The van der Waals surface area contributed by atoms with Gasteiger partial charge in [0.15, 0.2) is 0 Å². The molecule has 0 spiro atoms. The Hall–Kier alpha value is -1.92. The summed E-state index contributed by atoms with van der Waals surface area (Å²) in [4.78, 5) is 23.8. The SMILES string of the molecule is CCCCCCCC/C=C/C/C=C/C=C/C(O)CCCC(=O)OC[C@H](O)COC(=O)CCCCCCCCCC(C)C. The van der Waals surface area contributed by atoms with Crippen LogP contribution in [0.2, 0.25) is 0 Å². The Balaban J connectivity index is 3.68. The summed E-state index contributed by atoms with van der Waals surface area (Å²) in [5.41, 5.74) is 0. The van der Waals surface area contributed by atoms with Crippen LogP contribution in [0.15, 0.2) is 36.5 Å². The molecule has 0 amide bonds. The van der Waals surface area contributed by atoms with Gasteiger partial charge in [0.1, 0.15) is 19.3 Å². The number of allylic oxidation sites excluding steroid dienone is 5. The molecule has 0 fully saturated rings. The Morgan fingerprint density at radius 2 is 1.21 bits per heavy atom. The van der Waals surface area contributed by atoms with Gasteiger partial charge in [0, 0.05) is 12.8 Å². The van der Waals surface area contributed by atoms with E-state index in [0.29, 0.717) is 19.3 Å². The number of carbonyl (C=O) groups is 2. The van der Waals surface area contributed by atoms with Crippen molar-refractivity contribution in [1.29, 1.82) is 0 Å². The highest BCUT2D eigenvalue weighted by Crippen LogP contribution is 2.13. The number of hydrogen-bond donors (Lipinski definition) is 2. The first-order chi connectivity index (χ1) is 20.3. The predicted molar refractivity (Wildman–Crippen MR) is 174 cm³/mol. The molecular weight excluding hydrogens is 528 g/mol. The number of carbonyl (C=O) groups excluding carboxylic acids is 2. The summed E-state index contributed by atoms with van der Waals surface area (Å²) in [6, 6.07) is 0. The quantitative estimate of drug-likeness (QED) is 0.0390. The zero-order valence-electron chi connectivity index (χ0n) is 27.3. The minimum absolute atomic E-state index is 0.161. The summed E-state index contributed by atoms with van der Waals surface area (Å²) >= 11 is 0. The first-order valence-corrected chi connectivity index (χ1v) is 17.0. The second kappa shape index (κ2) is 30.5. The van der Waals surface area contributed by atoms with Gasteiger partial charge in [-0.2, -0.15) is 0 Å². The molecule has 0 saturated carbocycles. The third kappa shape index (κ3) is 31.0. The second-order valence-electron chi connectivity index (χ2n) is 12.0. The molecule has 244 valence electrons. The molecule has 6 heteroatoms. The number of rotatable bonds is 29. The van der Waals surface area contributed by atoms with Crippen LogP contribution in [-0.2, 0) is 19.1 Å². The van der Waals surface area contributed by atoms with Crippen LogP contribution in [0.5, 0.6) is 0 Å². The van der Waals surface area contributed by atoms with Gasteiger partial charge in [0.25, 0.3) is 0 Å². The topological polar surface area (TPSA) is 93.1 Å². The average Bonchev–Trinajstić information content (AvgIpc) is 2.96. The molecule has 42 heavy (non-hydrogen) atoms. The molecule has 0 aromatic rings. The van der Waals surface area contributed by atoms with Gasteiger partial charge >= 0.3 is 11.9 Å². The van der Waals surface area contributed by atoms with E-state index in [1.807, 2.05) is 12.2 Å². The monoisotopic (exact) mass is 592 g/mol. The van der Waals surface area contributed by atoms with Crippen molar-refractivity contribution in [2.24, 2.45) is 5.92 Å². The largest absolute Gasteiger partial charge is 0.463 e. The van der Waals surface area contributed by atoms with Crippen LogP contribution in [0, 0.1) is 5.92 Å². The first-order valence-electron chi connectivity index (χ1n) is 17.0. The van der Waals surface area contributed by atoms with Crippen LogP contribution >= 0.6 is 0 Å². The van der Waals surface area contributed by atoms with Crippen molar-refractivity contribution < 1.29 is 29.3 Å². The average molecular weight is 593 g/mol. The van der Waals surface area contributed by atoms with Crippen molar-refractivity contribution in [2.75, 3.05) is 13.2 Å². The van der Waals surface area contributed by atoms with Crippen molar-refractivity contribution in [3.63, 3.8) is 0 Å². The third-order valence-electron chi connectivity index (χ3n) is 7.16. The van der Waals surface area contributed by atoms with Crippen LogP contribution in [0.1, 0.15) is 149 Å². The van der Waals surface area contributed by atoms with Gasteiger partial charge < -0.3 is 19.7 Å². The van der Waals surface area contributed by atoms with Gasteiger partial charge in [0.05, 0.1) is 6.10 Å². The summed E-state index contributed by atoms with van der Waals surface area (Å²) in [6.07, 6.45) is 31.0. The summed E-state index contributed by atoms with van der Waals surface area (Å²) in [5.74, 6) is 0.0206. The highest BCUT2D eigenvalue weighted by atomic mass is 16.6. The number of aliphatic hydroxyl groups excluding tert-OH is 2. The Labute approximate surface area is 258 Å². The maximum absolute atomic E-state index is 11.9. The maximum atomic E-state index is 11.9. The van der Waals surface area contributed by atoms with E-state index in [1.54, 1.807) is 6.08 Å². The highest BCUT2D eigenvalue weighted by molar-refractivity contribution is 5.69. The van der Waals surface area contributed by atoms with Crippen LogP contribution in [0.25, 0.3) is 0 Å². The molecule has 0 radical (unpaired) electrons. The summed E-state index contributed by atoms with van der Waals surface area (Å²) in [6.45, 7) is 6.38. The molecule has 0 bridgehead atoms. The third-order valence-corrected chi connectivity index (χ3v) is 7.16. The standard InChI is InChI=1S/C36H64O6/c1-4-5-6-7-8-9-10-11-12-13-16-19-22-26-33(37)27-24-29-36(40)42-31-34(38)30-41-35(39)28-23-20-17-14-15-18-21-25-32(2)3/h11-12,16,19,22,26,32-34,37-38H,4-10,13-15,17-18,20-21,23-25,27-31H2,1-3H3/b12-11+,19-16+,26-22+/t33?,34-/m1/s1. The highest BCUT2D eigenvalue weighted by Gasteiger charge is 2.12. The lowest BCUT2D eigenvalue weighted by molar-refractivity contribution is -0.152. The van der Waals surface area contributed by atoms with Gasteiger partial charge in [-0.3, -0.25) is 9.59 Å². The van der Waals surface area contributed by atoms with Crippen molar-refractivity contribution in [1.82, 2.24) is 0 Å². The van der Waals surface area contributed by atoms with E-state index < -0.39 is 18.2 Å². The predicted octanol–water partition coefficient (Wildman–Crippen LogP) is 8.94. The van der Waals surface area contributed by atoms with Crippen LogP contribution < -0.4 is 0 Å². The fraction of sp³-hybridized carbons (Fsp3) is 0.778. The summed E-state index contributed by atoms with van der Waals surface area (Å²) in [7, 11) is 0. The molecule has 0 aliphatic carbocycles. The van der Waals surface area contributed by atoms with Gasteiger partial charge in [-0.1, -0.05) is 134 Å². The Morgan fingerprint density at radius 1 is 0.643 bits per heavy atom. The molecule has 0 aliphatic heterocycles. The van der Waals surface area contributed by atoms with E-state index in [4.69, 9.17) is 9.47 Å². The lowest BCUT2D eigenvalue weighted by Gasteiger charge is -2.12. The maximum Gasteiger partial charge on any atom is 0.305 e. The fourth-order valence-corrected chi connectivity index (χ4v) is 4.51. The van der Waals surface area contributed by atoms with Crippen molar-refractivity contribution >= 4 is 11.9 Å². The Bertz CT molecular complexity index is 712. The minimum atomic E-state index is -1.03. The lowest BCUT2D eigenvalue weighted by atomic mass is 10.0. The van der Waals surface area contributed by atoms with Crippen LogP contribution in [0.3, 0.4) is 0 Å². The smallest absolute Gasteiger partial charge is 0.305 e. The lowest BCUT2D eigenvalue weighted by Crippen LogP contribution is -2.25. The Kier molecular flexibility index (Phi) is 29.1.